The van der Waals surface area contributed by atoms with Crippen LogP contribution in [0.4, 0.5) is 13.2 Å². The number of benzene rings is 1. The summed E-state index contributed by atoms with van der Waals surface area (Å²) in [7, 11) is 0. The van der Waals surface area contributed by atoms with Gasteiger partial charge in [0.25, 0.3) is 0 Å². The quantitative estimate of drug-likeness (QED) is 0.862. The summed E-state index contributed by atoms with van der Waals surface area (Å²) in [5, 5.41) is 10.6. The van der Waals surface area contributed by atoms with Crippen molar-refractivity contribution in [3.05, 3.63) is 29.8 Å². The van der Waals surface area contributed by atoms with Crippen LogP contribution in [0.15, 0.2) is 24.3 Å². The molecule has 2 nitrogen and oxygen atoms in total. The number of ether oxygens (including phenoxy) is 1. The number of hydrogen-bond acceptors (Lipinski definition) is 2. The summed E-state index contributed by atoms with van der Waals surface area (Å²) in [4.78, 5) is 0. The van der Waals surface area contributed by atoms with E-state index in [0.717, 1.165) is 32.1 Å². The van der Waals surface area contributed by atoms with Gasteiger partial charge in [-0.05, 0) is 24.3 Å². The second-order valence-electron chi connectivity index (χ2n) is 5.65. The van der Waals surface area contributed by atoms with Gasteiger partial charge in [-0.2, -0.15) is 0 Å². The molecule has 21 heavy (non-hydrogen) atoms. The number of hydrogen-bond donors (Lipinski definition) is 1. The zero-order valence-corrected chi connectivity index (χ0v) is 12.1. The number of para-hydroxylation sites is 1. The molecule has 0 bridgehead atoms. The minimum atomic E-state index is -4.74. The average Bonchev–Trinajstić information content (AvgIpc) is 2.45. The Kier molecular flexibility index (Phi) is 5.14. The molecule has 0 amide bonds. The minimum absolute atomic E-state index is 0.00161. The topological polar surface area (TPSA) is 29.5 Å². The molecule has 1 saturated carbocycles. The molecule has 0 aliphatic heterocycles. The fourth-order valence-corrected chi connectivity index (χ4v) is 3.33. The van der Waals surface area contributed by atoms with Crippen molar-refractivity contribution in [1.29, 1.82) is 0 Å². The average molecular weight is 302 g/mol. The van der Waals surface area contributed by atoms with Gasteiger partial charge in [-0.3, -0.25) is 0 Å². The number of halogens is 3. The van der Waals surface area contributed by atoms with Crippen LogP contribution in [0.1, 0.15) is 50.7 Å². The smallest absolute Gasteiger partial charge is 0.405 e. The SMILES string of the molecule is CCC1CCCCC1C(O)c1ccccc1OC(F)(F)F. The van der Waals surface area contributed by atoms with Crippen molar-refractivity contribution < 1.29 is 23.0 Å². The first-order chi connectivity index (χ1) is 9.92. The largest absolute Gasteiger partial charge is 0.573 e. The lowest BCUT2D eigenvalue weighted by Gasteiger charge is -2.35. The van der Waals surface area contributed by atoms with Crippen LogP contribution in [-0.2, 0) is 0 Å². The lowest BCUT2D eigenvalue weighted by atomic mass is 9.73. The Morgan fingerprint density at radius 1 is 1.24 bits per heavy atom. The van der Waals surface area contributed by atoms with Crippen LogP contribution < -0.4 is 4.74 Å². The lowest BCUT2D eigenvalue weighted by molar-refractivity contribution is -0.275. The van der Waals surface area contributed by atoms with Gasteiger partial charge in [0.1, 0.15) is 5.75 Å². The van der Waals surface area contributed by atoms with E-state index in [1.165, 1.54) is 18.2 Å². The Bertz CT molecular complexity index is 459. The third-order valence-electron chi connectivity index (χ3n) is 4.36. The first kappa shape index (κ1) is 16.1. The summed E-state index contributed by atoms with van der Waals surface area (Å²) in [5.74, 6) is 0.0624. The summed E-state index contributed by atoms with van der Waals surface area (Å²) in [5.41, 5.74) is 0.236. The molecular formula is C16H21F3O2. The maximum atomic E-state index is 12.5. The van der Waals surface area contributed by atoms with Crippen molar-refractivity contribution in [3.8, 4) is 5.75 Å². The van der Waals surface area contributed by atoms with E-state index in [2.05, 4.69) is 11.7 Å². The molecule has 0 heterocycles. The van der Waals surface area contributed by atoms with E-state index in [9.17, 15) is 18.3 Å². The van der Waals surface area contributed by atoms with Crippen molar-refractivity contribution in [2.24, 2.45) is 11.8 Å². The molecule has 1 aliphatic carbocycles. The molecule has 2 rings (SSSR count). The van der Waals surface area contributed by atoms with Crippen LogP contribution in [0.25, 0.3) is 0 Å². The van der Waals surface area contributed by atoms with Gasteiger partial charge in [0.15, 0.2) is 0 Å². The highest BCUT2D eigenvalue weighted by atomic mass is 19.4. The summed E-state index contributed by atoms with van der Waals surface area (Å²) >= 11 is 0. The molecule has 1 fully saturated rings. The Balaban J connectivity index is 2.23. The van der Waals surface area contributed by atoms with Crippen molar-refractivity contribution >= 4 is 0 Å². The van der Waals surface area contributed by atoms with E-state index in [-0.39, 0.29) is 17.2 Å². The Morgan fingerprint density at radius 2 is 1.90 bits per heavy atom. The summed E-state index contributed by atoms with van der Waals surface area (Å²) < 4.78 is 41.5. The molecule has 1 N–H and O–H groups in total. The molecule has 3 atom stereocenters. The van der Waals surface area contributed by atoms with Gasteiger partial charge in [-0.1, -0.05) is 50.8 Å². The van der Waals surface area contributed by atoms with E-state index in [4.69, 9.17) is 0 Å². The Hall–Kier alpha value is -1.23. The van der Waals surface area contributed by atoms with Crippen LogP contribution in [0.3, 0.4) is 0 Å². The van der Waals surface area contributed by atoms with E-state index >= 15 is 0 Å². The third kappa shape index (κ3) is 4.13. The molecule has 118 valence electrons. The molecule has 0 radical (unpaired) electrons. The molecule has 0 aromatic heterocycles. The molecule has 0 spiro atoms. The van der Waals surface area contributed by atoms with Crippen LogP contribution >= 0.6 is 0 Å². The molecule has 1 aromatic carbocycles. The Morgan fingerprint density at radius 3 is 2.57 bits per heavy atom. The summed E-state index contributed by atoms with van der Waals surface area (Å²) in [6, 6.07) is 5.89. The number of rotatable bonds is 4. The summed E-state index contributed by atoms with van der Waals surface area (Å²) in [6.07, 6.45) is -0.700. The molecule has 5 heteroatoms. The zero-order chi connectivity index (χ0) is 15.5. The monoisotopic (exact) mass is 302 g/mol. The van der Waals surface area contributed by atoms with Crippen molar-refractivity contribution in [2.75, 3.05) is 0 Å². The standard InChI is InChI=1S/C16H21F3O2/c1-2-11-7-3-4-8-12(11)15(20)13-9-5-6-10-14(13)21-16(17,18)19/h5-6,9-12,15,20H,2-4,7-8H2,1H3. The number of alkyl halides is 3. The second kappa shape index (κ2) is 6.69. The van der Waals surface area contributed by atoms with Crippen LogP contribution in [0.5, 0.6) is 5.75 Å². The van der Waals surface area contributed by atoms with Crippen LogP contribution in [0.2, 0.25) is 0 Å². The van der Waals surface area contributed by atoms with Gasteiger partial charge < -0.3 is 9.84 Å². The van der Waals surface area contributed by atoms with E-state index in [0.29, 0.717) is 5.92 Å². The highest BCUT2D eigenvalue weighted by Gasteiger charge is 2.35. The molecule has 1 aliphatic rings. The predicted octanol–water partition coefficient (Wildman–Crippen LogP) is 4.84. The van der Waals surface area contributed by atoms with Crippen molar-refractivity contribution in [1.82, 2.24) is 0 Å². The van der Waals surface area contributed by atoms with Gasteiger partial charge in [-0.25, -0.2) is 0 Å². The number of aliphatic hydroxyl groups is 1. The highest BCUT2D eigenvalue weighted by Crippen LogP contribution is 2.43. The van der Waals surface area contributed by atoms with Crippen molar-refractivity contribution in [3.63, 3.8) is 0 Å². The minimum Gasteiger partial charge on any atom is -0.405 e. The van der Waals surface area contributed by atoms with Gasteiger partial charge >= 0.3 is 6.36 Å². The maximum absolute atomic E-state index is 12.5. The van der Waals surface area contributed by atoms with Gasteiger partial charge in [0.05, 0.1) is 6.10 Å². The zero-order valence-electron chi connectivity index (χ0n) is 12.1. The highest BCUT2D eigenvalue weighted by molar-refractivity contribution is 5.35. The van der Waals surface area contributed by atoms with Gasteiger partial charge in [-0.15, -0.1) is 13.2 Å². The van der Waals surface area contributed by atoms with Crippen LogP contribution in [-0.4, -0.2) is 11.5 Å². The van der Waals surface area contributed by atoms with Gasteiger partial charge in [0, 0.05) is 5.56 Å². The number of aliphatic hydroxyl groups excluding tert-OH is 1. The fourth-order valence-electron chi connectivity index (χ4n) is 3.33. The van der Waals surface area contributed by atoms with Crippen LogP contribution in [0, 0.1) is 11.8 Å². The van der Waals surface area contributed by atoms with E-state index in [1.54, 1.807) is 6.07 Å². The van der Waals surface area contributed by atoms with Gasteiger partial charge in [0.2, 0.25) is 0 Å². The molecular weight excluding hydrogens is 281 g/mol. The Labute approximate surface area is 122 Å². The second-order valence-corrected chi connectivity index (χ2v) is 5.65. The van der Waals surface area contributed by atoms with E-state index in [1.807, 2.05) is 0 Å². The first-order valence-electron chi connectivity index (χ1n) is 7.45. The molecule has 3 unspecified atom stereocenters. The maximum Gasteiger partial charge on any atom is 0.573 e. The lowest BCUT2D eigenvalue weighted by Crippen LogP contribution is -2.26. The molecule has 0 saturated heterocycles. The fraction of sp³-hybridized carbons (Fsp3) is 0.625. The first-order valence-corrected chi connectivity index (χ1v) is 7.45. The molecule has 1 aromatic rings. The normalized spacial score (nSPS) is 24.6. The van der Waals surface area contributed by atoms with E-state index < -0.39 is 12.5 Å². The summed E-state index contributed by atoms with van der Waals surface area (Å²) in [6.45, 7) is 2.06. The predicted molar refractivity (Wildman–Crippen MR) is 73.8 cm³/mol. The van der Waals surface area contributed by atoms with Crippen molar-refractivity contribution in [2.45, 2.75) is 51.5 Å². The third-order valence-corrected chi connectivity index (χ3v) is 4.36.